The second-order valence-electron chi connectivity index (χ2n) is 6.24. The first-order valence-corrected chi connectivity index (χ1v) is 9.46. The summed E-state index contributed by atoms with van der Waals surface area (Å²) >= 11 is 5.39. The number of thiocarbonyl (C=S) groups is 1. The van der Waals surface area contributed by atoms with Crippen LogP contribution in [-0.4, -0.2) is 37.4 Å². The van der Waals surface area contributed by atoms with Gasteiger partial charge in [-0.3, -0.25) is 0 Å². The maximum atomic E-state index is 11.9. The smallest absolute Gasteiger partial charge is 0.338 e. The van der Waals surface area contributed by atoms with Crippen molar-refractivity contribution in [1.82, 2.24) is 5.32 Å². The van der Waals surface area contributed by atoms with Crippen molar-refractivity contribution in [3.8, 4) is 11.5 Å². The van der Waals surface area contributed by atoms with E-state index in [0.717, 1.165) is 22.7 Å². The van der Waals surface area contributed by atoms with Crippen molar-refractivity contribution < 1.29 is 19.0 Å². The highest BCUT2D eigenvalue weighted by Crippen LogP contribution is 2.18. The van der Waals surface area contributed by atoms with Gasteiger partial charge in [-0.2, -0.15) is 0 Å². The Bertz CT molecular complexity index is 809. The molecule has 7 heteroatoms. The van der Waals surface area contributed by atoms with Gasteiger partial charge in [-0.25, -0.2) is 4.79 Å². The SMILES string of the molecule is CCOC(=O)c1ccc(C)c(NC(=S)NC(C)COc2ccc(OC)cc2)c1. The molecule has 0 saturated heterocycles. The summed E-state index contributed by atoms with van der Waals surface area (Å²) in [6.45, 7) is 6.46. The molecule has 0 fully saturated rings. The molecule has 150 valence electrons. The number of carbonyl (C=O) groups is 1. The molecule has 0 aromatic heterocycles. The maximum absolute atomic E-state index is 11.9. The van der Waals surface area contributed by atoms with Crippen LogP contribution in [0.4, 0.5) is 5.69 Å². The van der Waals surface area contributed by atoms with E-state index in [0.29, 0.717) is 23.9 Å². The first-order chi connectivity index (χ1) is 13.4. The third kappa shape index (κ3) is 6.42. The van der Waals surface area contributed by atoms with Gasteiger partial charge in [0, 0.05) is 5.69 Å². The molecule has 0 amide bonds. The second kappa shape index (κ2) is 10.5. The molecule has 1 unspecified atom stereocenters. The predicted molar refractivity (Wildman–Crippen MR) is 114 cm³/mol. The molecule has 0 radical (unpaired) electrons. The number of benzene rings is 2. The topological polar surface area (TPSA) is 68.8 Å². The Morgan fingerprint density at radius 2 is 1.82 bits per heavy atom. The largest absolute Gasteiger partial charge is 0.497 e. The molecule has 0 saturated carbocycles. The fourth-order valence-electron chi connectivity index (χ4n) is 2.42. The van der Waals surface area contributed by atoms with Crippen LogP contribution in [0.2, 0.25) is 0 Å². The first-order valence-electron chi connectivity index (χ1n) is 9.05. The summed E-state index contributed by atoms with van der Waals surface area (Å²) in [6.07, 6.45) is 0. The summed E-state index contributed by atoms with van der Waals surface area (Å²) in [4.78, 5) is 11.9. The fraction of sp³-hybridized carbons (Fsp3) is 0.333. The summed E-state index contributed by atoms with van der Waals surface area (Å²) in [5, 5.41) is 6.76. The van der Waals surface area contributed by atoms with Gasteiger partial charge in [0.05, 0.1) is 25.3 Å². The van der Waals surface area contributed by atoms with E-state index in [2.05, 4.69) is 10.6 Å². The fourth-order valence-corrected chi connectivity index (χ4v) is 2.73. The average Bonchev–Trinajstić information content (AvgIpc) is 2.68. The Balaban J connectivity index is 1.88. The molecule has 28 heavy (non-hydrogen) atoms. The van der Waals surface area contributed by atoms with Crippen LogP contribution in [0, 0.1) is 6.92 Å². The van der Waals surface area contributed by atoms with Gasteiger partial charge in [0.2, 0.25) is 0 Å². The molecule has 2 aromatic rings. The Kier molecular flexibility index (Phi) is 8.07. The molecule has 0 spiro atoms. The lowest BCUT2D eigenvalue weighted by molar-refractivity contribution is 0.0526. The number of hydrogen-bond donors (Lipinski definition) is 2. The Labute approximate surface area is 171 Å². The van der Waals surface area contributed by atoms with Gasteiger partial charge in [0.1, 0.15) is 18.1 Å². The van der Waals surface area contributed by atoms with Crippen LogP contribution >= 0.6 is 12.2 Å². The van der Waals surface area contributed by atoms with E-state index in [1.165, 1.54) is 0 Å². The standard InChI is InChI=1S/C21H26N2O4S/c1-5-26-20(24)16-7-6-14(2)19(12-16)23-21(28)22-15(3)13-27-18-10-8-17(25-4)9-11-18/h6-12,15H,5,13H2,1-4H3,(H2,22,23,28). The van der Waals surface area contributed by atoms with Gasteiger partial charge < -0.3 is 24.8 Å². The molecule has 0 heterocycles. The zero-order valence-corrected chi connectivity index (χ0v) is 17.4. The summed E-state index contributed by atoms with van der Waals surface area (Å²) in [6, 6.07) is 12.7. The lowest BCUT2D eigenvalue weighted by Gasteiger charge is -2.19. The van der Waals surface area contributed by atoms with Crippen molar-refractivity contribution >= 4 is 29.0 Å². The molecule has 0 aliphatic heterocycles. The summed E-state index contributed by atoms with van der Waals surface area (Å²) < 4.78 is 15.9. The van der Waals surface area contributed by atoms with Gasteiger partial charge in [-0.15, -0.1) is 0 Å². The van der Waals surface area contributed by atoms with E-state index in [1.807, 2.05) is 44.2 Å². The van der Waals surface area contributed by atoms with Crippen LogP contribution in [0.5, 0.6) is 11.5 Å². The Morgan fingerprint density at radius 1 is 1.14 bits per heavy atom. The summed E-state index contributed by atoms with van der Waals surface area (Å²) in [5.41, 5.74) is 2.21. The highest BCUT2D eigenvalue weighted by Gasteiger charge is 2.11. The highest BCUT2D eigenvalue weighted by atomic mass is 32.1. The van der Waals surface area contributed by atoms with Gasteiger partial charge in [-0.05, 0) is 75.0 Å². The monoisotopic (exact) mass is 402 g/mol. The lowest BCUT2D eigenvalue weighted by Crippen LogP contribution is -2.39. The minimum absolute atomic E-state index is 0.0179. The number of carbonyl (C=O) groups excluding carboxylic acids is 1. The minimum atomic E-state index is -0.356. The Hall–Kier alpha value is -2.80. The van der Waals surface area contributed by atoms with E-state index in [1.54, 1.807) is 26.2 Å². The van der Waals surface area contributed by atoms with Crippen LogP contribution in [0.3, 0.4) is 0 Å². The van der Waals surface area contributed by atoms with Crippen molar-refractivity contribution in [2.24, 2.45) is 0 Å². The van der Waals surface area contributed by atoms with Gasteiger partial charge >= 0.3 is 5.97 Å². The second-order valence-corrected chi connectivity index (χ2v) is 6.64. The van der Waals surface area contributed by atoms with Crippen molar-refractivity contribution in [3.63, 3.8) is 0 Å². The van der Waals surface area contributed by atoms with Crippen molar-refractivity contribution in [2.45, 2.75) is 26.8 Å². The number of ether oxygens (including phenoxy) is 3. The predicted octanol–water partition coefficient (Wildman–Crippen LogP) is 3.93. The van der Waals surface area contributed by atoms with Crippen molar-refractivity contribution in [1.29, 1.82) is 0 Å². The van der Waals surface area contributed by atoms with Gasteiger partial charge in [0.25, 0.3) is 0 Å². The van der Waals surface area contributed by atoms with E-state index in [9.17, 15) is 4.79 Å². The number of aryl methyl sites for hydroxylation is 1. The zero-order chi connectivity index (χ0) is 20.5. The number of anilines is 1. The minimum Gasteiger partial charge on any atom is -0.497 e. The number of esters is 1. The lowest BCUT2D eigenvalue weighted by atomic mass is 10.1. The molecule has 1 atom stereocenters. The van der Waals surface area contributed by atoms with Crippen LogP contribution < -0.4 is 20.1 Å². The van der Waals surface area contributed by atoms with E-state index in [4.69, 9.17) is 26.4 Å². The quantitative estimate of drug-likeness (QED) is 0.512. The highest BCUT2D eigenvalue weighted by molar-refractivity contribution is 7.80. The van der Waals surface area contributed by atoms with Crippen LogP contribution in [0.25, 0.3) is 0 Å². The van der Waals surface area contributed by atoms with E-state index in [-0.39, 0.29) is 12.0 Å². The number of nitrogens with one attached hydrogen (secondary N) is 2. The van der Waals surface area contributed by atoms with E-state index < -0.39 is 0 Å². The molecule has 6 nitrogen and oxygen atoms in total. The summed E-state index contributed by atoms with van der Waals surface area (Å²) in [7, 11) is 1.62. The third-order valence-electron chi connectivity index (χ3n) is 3.93. The van der Waals surface area contributed by atoms with Crippen LogP contribution in [0.1, 0.15) is 29.8 Å². The van der Waals surface area contributed by atoms with E-state index >= 15 is 0 Å². The average molecular weight is 403 g/mol. The van der Waals surface area contributed by atoms with Crippen LogP contribution in [-0.2, 0) is 4.74 Å². The zero-order valence-electron chi connectivity index (χ0n) is 16.6. The third-order valence-corrected chi connectivity index (χ3v) is 4.15. The van der Waals surface area contributed by atoms with Crippen molar-refractivity contribution in [2.75, 3.05) is 25.6 Å². The maximum Gasteiger partial charge on any atom is 0.338 e. The Morgan fingerprint density at radius 3 is 2.46 bits per heavy atom. The van der Waals surface area contributed by atoms with Gasteiger partial charge in [0.15, 0.2) is 5.11 Å². The van der Waals surface area contributed by atoms with Gasteiger partial charge in [-0.1, -0.05) is 6.07 Å². The molecule has 0 aliphatic rings. The number of rotatable bonds is 8. The first kappa shape index (κ1) is 21.5. The molecule has 2 aromatic carbocycles. The number of methoxy groups -OCH3 is 1. The molecular formula is C21H26N2O4S. The molecule has 2 rings (SSSR count). The summed E-state index contributed by atoms with van der Waals surface area (Å²) in [5.74, 6) is 1.18. The van der Waals surface area contributed by atoms with Crippen LogP contribution in [0.15, 0.2) is 42.5 Å². The molecule has 0 bridgehead atoms. The molecule has 0 aliphatic carbocycles. The normalized spacial score (nSPS) is 11.3. The molecular weight excluding hydrogens is 376 g/mol. The molecule has 2 N–H and O–H groups in total. The number of hydrogen-bond acceptors (Lipinski definition) is 5. The van der Waals surface area contributed by atoms with Crippen molar-refractivity contribution in [3.05, 3.63) is 53.6 Å².